The van der Waals surface area contributed by atoms with Crippen LogP contribution in [0.5, 0.6) is 0 Å². The van der Waals surface area contributed by atoms with Crippen molar-refractivity contribution >= 4 is 39.9 Å². The van der Waals surface area contributed by atoms with Crippen molar-refractivity contribution in [1.29, 1.82) is 0 Å². The molecular weight excluding hydrogens is 360 g/mol. The molecule has 1 aromatic carbocycles. The van der Waals surface area contributed by atoms with E-state index < -0.39 is 28.3 Å². The van der Waals surface area contributed by atoms with Crippen LogP contribution in [0.1, 0.15) is 37.7 Å². The lowest BCUT2D eigenvalue weighted by Crippen LogP contribution is -2.33. The van der Waals surface area contributed by atoms with Crippen LogP contribution < -0.4 is 5.32 Å². The van der Waals surface area contributed by atoms with E-state index >= 15 is 0 Å². The molecule has 2 heterocycles. The maximum Gasteiger partial charge on any atom is 0.282 e. The minimum atomic E-state index is -0.758. The minimum absolute atomic E-state index is 0.0178. The van der Waals surface area contributed by atoms with Crippen LogP contribution in [-0.4, -0.2) is 39.1 Å². The highest BCUT2D eigenvalue weighted by Gasteiger charge is 2.40. The molecule has 0 bridgehead atoms. The van der Waals surface area contributed by atoms with Crippen molar-refractivity contribution in [2.75, 3.05) is 11.9 Å². The fourth-order valence-corrected chi connectivity index (χ4v) is 3.42. The molecule has 0 atom stereocenters. The van der Waals surface area contributed by atoms with Crippen LogP contribution in [0.3, 0.4) is 0 Å². The van der Waals surface area contributed by atoms with Crippen molar-refractivity contribution in [2.24, 2.45) is 0 Å². The number of hydrogen-bond donors (Lipinski definition) is 1. The van der Waals surface area contributed by atoms with E-state index in [1.807, 2.05) is 13.8 Å². The first-order chi connectivity index (χ1) is 12.3. The van der Waals surface area contributed by atoms with E-state index in [0.29, 0.717) is 5.13 Å². The second-order valence-electron chi connectivity index (χ2n) is 5.68. The third-order valence-corrected chi connectivity index (χ3v) is 5.00. The summed E-state index contributed by atoms with van der Waals surface area (Å²) in [5.74, 6) is -1.79. The zero-order chi connectivity index (χ0) is 19.0. The van der Waals surface area contributed by atoms with Crippen LogP contribution in [0.2, 0.25) is 0 Å². The van der Waals surface area contributed by atoms with Gasteiger partial charge in [0.05, 0.1) is 16.2 Å². The molecule has 0 fully saturated rings. The average Bonchev–Trinajstić information content (AvgIpc) is 3.02. The largest absolute Gasteiger partial charge is 0.302 e. The number of aromatic nitrogens is 1. The maximum atomic E-state index is 12.4. The summed E-state index contributed by atoms with van der Waals surface area (Å²) in [7, 11) is 0. The number of carbonyl (C=O) groups excluding carboxylic acids is 3. The molecule has 3 amide bonds. The highest BCUT2D eigenvalue weighted by atomic mass is 32.1. The minimum Gasteiger partial charge on any atom is -0.302 e. The van der Waals surface area contributed by atoms with Gasteiger partial charge in [-0.15, -0.1) is 11.3 Å². The topological polar surface area (TPSA) is 123 Å². The molecule has 10 heteroatoms. The molecule has 0 unspecified atom stereocenters. The normalized spacial score (nSPS) is 13.1. The number of nitro benzene ring substituents is 1. The van der Waals surface area contributed by atoms with E-state index in [9.17, 15) is 24.5 Å². The van der Waals surface area contributed by atoms with Gasteiger partial charge in [0, 0.05) is 23.9 Å². The Bertz CT molecular complexity index is 933. The van der Waals surface area contributed by atoms with E-state index in [1.54, 1.807) is 0 Å². The summed E-state index contributed by atoms with van der Waals surface area (Å²) in [6, 6.07) is 3.89. The molecule has 0 radical (unpaired) electrons. The highest BCUT2D eigenvalue weighted by molar-refractivity contribution is 7.15. The number of nitro groups is 1. The summed E-state index contributed by atoms with van der Waals surface area (Å²) in [4.78, 5) is 53.2. The van der Waals surface area contributed by atoms with Crippen molar-refractivity contribution in [3.05, 3.63) is 50.0 Å². The molecule has 0 aliphatic carbocycles. The number of nitrogens with zero attached hydrogens (tertiary/aromatic N) is 3. The Kier molecular flexibility index (Phi) is 4.51. The van der Waals surface area contributed by atoms with Gasteiger partial charge in [0.1, 0.15) is 5.56 Å². The third kappa shape index (κ3) is 3.06. The number of fused-ring (bicyclic) bond motifs is 1. The SMILES string of the molecule is Cc1nc(NC(=O)CCN2C(=O)c3cccc([N+](=O)[O-])c3C2=O)sc1C. The van der Waals surface area contributed by atoms with Gasteiger partial charge >= 0.3 is 0 Å². The van der Waals surface area contributed by atoms with Gasteiger partial charge in [-0.1, -0.05) is 6.07 Å². The maximum absolute atomic E-state index is 12.4. The number of aryl methyl sites for hydroxylation is 2. The molecule has 1 N–H and O–H groups in total. The lowest BCUT2D eigenvalue weighted by molar-refractivity contribution is -0.385. The van der Waals surface area contributed by atoms with Gasteiger partial charge in [-0.25, -0.2) is 4.98 Å². The van der Waals surface area contributed by atoms with Crippen LogP contribution in [0, 0.1) is 24.0 Å². The number of carbonyl (C=O) groups is 3. The lowest BCUT2D eigenvalue weighted by atomic mass is 10.1. The Morgan fingerprint density at radius 3 is 2.65 bits per heavy atom. The van der Waals surface area contributed by atoms with Crippen LogP contribution in [-0.2, 0) is 4.79 Å². The molecular formula is C16H14N4O5S. The first kappa shape index (κ1) is 17.7. The van der Waals surface area contributed by atoms with Crippen LogP contribution >= 0.6 is 11.3 Å². The fraction of sp³-hybridized carbons (Fsp3) is 0.250. The predicted molar refractivity (Wildman–Crippen MR) is 93.3 cm³/mol. The van der Waals surface area contributed by atoms with Gasteiger partial charge < -0.3 is 5.32 Å². The van der Waals surface area contributed by atoms with Gasteiger partial charge in [-0.05, 0) is 19.9 Å². The summed E-state index contributed by atoms with van der Waals surface area (Å²) in [6.45, 7) is 3.54. The van der Waals surface area contributed by atoms with Crippen molar-refractivity contribution in [3.63, 3.8) is 0 Å². The number of anilines is 1. The first-order valence-corrected chi connectivity index (χ1v) is 8.48. The summed E-state index contributed by atoms with van der Waals surface area (Å²) < 4.78 is 0. The van der Waals surface area contributed by atoms with Gasteiger partial charge in [0.15, 0.2) is 5.13 Å². The molecule has 2 aromatic rings. The third-order valence-electron chi connectivity index (χ3n) is 4.01. The smallest absolute Gasteiger partial charge is 0.282 e. The number of amides is 3. The molecule has 3 rings (SSSR count). The Hall–Kier alpha value is -3.14. The number of nitrogens with one attached hydrogen (secondary N) is 1. The highest BCUT2D eigenvalue weighted by Crippen LogP contribution is 2.30. The van der Waals surface area contributed by atoms with Crippen molar-refractivity contribution in [3.8, 4) is 0 Å². The molecule has 9 nitrogen and oxygen atoms in total. The number of rotatable bonds is 5. The van der Waals surface area contributed by atoms with Gasteiger partial charge in [-0.2, -0.15) is 0 Å². The molecule has 1 aliphatic rings. The molecule has 0 spiro atoms. The zero-order valence-corrected chi connectivity index (χ0v) is 14.8. The molecule has 1 aromatic heterocycles. The standard InChI is InChI=1S/C16H14N4O5S/c1-8-9(2)26-16(17-8)18-12(21)6-7-19-14(22)10-4-3-5-11(20(24)25)13(10)15(19)23/h3-5H,6-7H2,1-2H3,(H,17,18,21). The summed E-state index contributed by atoms with van der Waals surface area (Å²) >= 11 is 1.33. The van der Waals surface area contributed by atoms with Crippen molar-refractivity contribution in [1.82, 2.24) is 9.88 Å². The van der Waals surface area contributed by atoms with E-state index in [2.05, 4.69) is 10.3 Å². The Morgan fingerprint density at radius 2 is 2.04 bits per heavy atom. The van der Waals surface area contributed by atoms with Gasteiger partial charge in [0.2, 0.25) is 5.91 Å². The van der Waals surface area contributed by atoms with Crippen LogP contribution in [0.15, 0.2) is 18.2 Å². The summed E-state index contributed by atoms with van der Waals surface area (Å²) in [5, 5.41) is 14.1. The zero-order valence-electron chi connectivity index (χ0n) is 13.9. The van der Waals surface area contributed by atoms with E-state index in [-0.39, 0.29) is 24.1 Å². The second-order valence-corrected chi connectivity index (χ2v) is 6.88. The molecule has 0 saturated heterocycles. The second kappa shape index (κ2) is 6.64. The fourth-order valence-electron chi connectivity index (χ4n) is 2.59. The predicted octanol–water partition coefficient (Wildman–Crippen LogP) is 2.29. The van der Waals surface area contributed by atoms with E-state index in [1.165, 1.54) is 29.5 Å². The van der Waals surface area contributed by atoms with Crippen molar-refractivity contribution in [2.45, 2.75) is 20.3 Å². The number of hydrogen-bond acceptors (Lipinski definition) is 7. The molecule has 26 heavy (non-hydrogen) atoms. The van der Waals surface area contributed by atoms with Crippen LogP contribution in [0.4, 0.5) is 10.8 Å². The molecule has 134 valence electrons. The Morgan fingerprint density at radius 1 is 1.31 bits per heavy atom. The Balaban J connectivity index is 1.70. The number of imide groups is 1. The van der Waals surface area contributed by atoms with Crippen LogP contribution in [0.25, 0.3) is 0 Å². The van der Waals surface area contributed by atoms with Gasteiger partial charge in [-0.3, -0.25) is 29.4 Å². The first-order valence-electron chi connectivity index (χ1n) is 7.67. The molecule has 0 saturated carbocycles. The summed E-state index contributed by atoms with van der Waals surface area (Å²) in [5.41, 5.74) is 0.157. The van der Waals surface area contributed by atoms with E-state index in [0.717, 1.165) is 15.5 Å². The molecule has 1 aliphatic heterocycles. The van der Waals surface area contributed by atoms with E-state index in [4.69, 9.17) is 0 Å². The number of benzene rings is 1. The average molecular weight is 374 g/mol. The monoisotopic (exact) mass is 374 g/mol. The lowest BCUT2D eigenvalue weighted by Gasteiger charge is -2.12. The Labute approximate surface area is 151 Å². The van der Waals surface area contributed by atoms with Gasteiger partial charge in [0.25, 0.3) is 17.5 Å². The summed E-state index contributed by atoms with van der Waals surface area (Å²) in [6.07, 6.45) is -0.128. The quantitative estimate of drug-likeness (QED) is 0.487. The van der Waals surface area contributed by atoms with Crippen molar-refractivity contribution < 1.29 is 19.3 Å². The number of thiazole rings is 1.